The van der Waals surface area contributed by atoms with Crippen molar-refractivity contribution < 1.29 is 27.4 Å². The van der Waals surface area contributed by atoms with Crippen LogP contribution in [0.4, 0.5) is 28.4 Å². The molecule has 4 aromatic rings. The predicted molar refractivity (Wildman–Crippen MR) is 130 cm³/mol. The highest BCUT2D eigenvalue weighted by Gasteiger charge is 2.33. The number of methoxy groups -OCH3 is 1. The molecule has 1 aromatic carbocycles. The number of aromatic nitrogens is 5. The number of hydrogen-bond acceptors (Lipinski definition) is 9. The highest BCUT2D eigenvalue weighted by molar-refractivity contribution is 7.19. The number of ether oxygens (including phenoxy) is 1. The van der Waals surface area contributed by atoms with Crippen molar-refractivity contribution in [1.82, 2.24) is 24.5 Å². The van der Waals surface area contributed by atoms with Gasteiger partial charge in [0.2, 0.25) is 0 Å². The summed E-state index contributed by atoms with van der Waals surface area (Å²) in [6.07, 6.45) is -0.774. The Morgan fingerprint density at radius 3 is 2.78 bits per heavy atom. The molecule has 2 unspecified atom stereocenters. The minimum Gasteiger partial charge on any atom is -0.494 e. The summed E-state index contributed by atoms with van der Waals surface area (Å²) in [4.78, 5) is 18.9. The summed E-state index contributed by atoms with van der Waals surface area (Å²) in [6.45, 7) is 0.845. The molecular weight excluding hydrogens is 514 g/mol. The van der Waals surface area contributed by atoms with Crippen LogP contribution in [-0.2, 0) is 6.54 Å². The van der Waals surface area contributed by atoms with Crippen molar-refractivity contribution in [2.45, 2.75) is 31.9 Å². The van der Waals surface area contributed by atoms with Gasteiger partial charge in [-0.05, 0) is 18.9 Å². The normalized spacial score (nSPS) is 17.1. The summed E-state index contributed by atoms with van der Waals surface area (Å²) >= 11 is 1.12. The third kappa shape index (κ3) is 4.78. The molecule has 5 rings (SSSR count). The van der Waals surface area contributed by atoms with E-state index < -0.39 is 30.1 Å². The number of rotatable bonds is 7. The van der Waals surface area contributed by atoms with Crippen molar-refractivity contribution in [2.75, 3.05) is 30.8 Å². The Kier molecular flexibility index (Phi) is 6.86. The van der Waals surface area contributed by atoms with Gasteiger partial charge in [-0.1, -0.05) is 11.3 Å². The SMILES string of the molecule is COc1cc(F)c(-c2nc(Cn3cnc4c(N)ncnc43)c(N3CCCC(C(O)C(F)F)C3)s2)cc1F. The molecule has 0 saturated carbocycles. The number of anilines is 2. The van der Waals surface area contributed by atoms with E-state index in [2.05, 4.69) is 19.9 Å². The van der Waals surface area contributed by atoms with Crippen molar-refractivity contribution in [3.63, 3.8) is 0 Å². The summed E-state index contributed by atoms with van der Waals surface area (Å²) in [6, 6.07) is 1.96. The highest BCUT2D eigenvalue weighted by atomic mass is 32.1. The Balaban J connectivity index is 1.57. The van der Waals surface area contributed by atoms with Crippen LogP contribution in [0.15, 0.2) is 24.8 Å². The molecule has 3 aromatic heterocycles. The van der Waals surface area contributed by atoms with Crippen LogP contribution in [0.5, 0.6) is 5.75 Å². The van der Waals surface area contributed by atoms with Gasteiger partial charge in [0.05, 0.1) is 25.7 Å². The van der Waals surface area contributed by atoms with Gasteiger partial charge in [0.1, 0.15) is 33.8 Å². The van der Waals surface area contributed by atoms with E-state index in [-0.39, 0.29) is 35.2 Å². The molecule has 37 heavy (non-hydrogen) atoms. The van der Waals surface area contributed by atoms with Crippen molar-refractivity contribution in [3.05, 3.63) is 42.1 Å². The first kappa shape index (κ1) is 25.1. The van der Waals surface area contributed by atoms with Gasteiger partial charge in [-0.25, -0.2) is 37.5 Å². The molecule has 0 aliphatic carbocycles. The second-order valence-electron chi connectivity index (χ2n) is 8.71. The minimum atomic E-state index is -2.86. The summed E-state index contributed by atoms with van der Waals surface area (Å²) in [5.74, 6) is -2.14. The number of thiazole rings is 1. The number of nitrogen functional groups attached to an aromatic ring is 1. The summed E-state index contributed by atoms with van der Waals surface area (Å²) in [5.41, 5.74) is 7.18. The smallest absolute Gasteiger partial charge is 0.264 e. The lowest BCUT2D eigenvalue weighted by Gasteiger charge is -2.35. The van der Waals surface area contributed by atoms with Crippen LogP contribution in [0.25, 0.3) is 21.7 Å². The molecule has 2 atom stereocenters. The summed E-state index contributed by atoms with van der Waals surface area (Å²) < 4.78 is 62.4. The number of halogens is 4. The summed E-state index contributed by atoms with van der Waals surface area (Å²) in [5, 5.41) is 10.8. The topological polar surface area (TPSA) is 115 Å². The molecule has 1 aliphatic heterocycles. The number of piperidine rings is 1. The van der Waals surface area contributed by atoms with Crippen LogP contribution < -0.4 is 15.4 Å². The van der Waals surface area contributed by atoms with Crippen LogP contribution >= 0.6 is 11.3 Å². The van der Waals surface area contributed by atoms with Gasteiger partial charge in [-0.3, -0.25) is 0 Å². The molecule has 0 bridgehead atoms. The van der Waals surface area contributed by atoms with E-state index >= 15 is 0 Å². The lowest BCUT2D eigenvalue weighted by Crippen LogP contribution is -2.42. The van der Waals surface area contributed by atoms with Crippen LogP contribution in [0.2, 0.25) is 0 Å². The van der Waals surface area contributed by atoms with Gasteiger partial charge >= 0.3 is 0 Å². The molecule has 1 saturated heterocycles. The molecule has 196 valence electrons. The first-order valence-corrected chi connectivity index (χ1v) is 12.2. The predicted octanol–water partition coefficient (Wildman–Crippen LogP) is 3.71. The number of aliphatic hydroxyl groups excluding tert-OH is 1. The fraction of sp³-hybridized carbons (Fsp3) is 0.391. The molecule has 1 fully saturated rings. The maximum Gasteiger partial charge on any atom is 0.264 e. The van der Waals surface area contributed by atoms with Crippen molar-refractivity contribution in [1.29, 1.82) is 0 Å². The molecule has 1 aliphatic rings. The van der Waals surface area contributed by atoms with Gasteiger partial charge < -0.3 is 25.0 Å². The van der Waals surface area contributed by atoms with E-state index in [0.29, 0.717) is 41.2 Å². The fourth-order valence-corrected chi connectivity index (χ4v) is 5.64. The van der Waals surface area contributed by atoms with E-state index in [9.17, 15) is 22.7 Å². The van der Waals surface area contributed by atoms with Crippen molar-refractivity contribution >= 4 is 33.3 Å². The number of fused-ring (bicyclic) bond motifs is 1. The Labute approximate surface area is 212 Å². The van der Waals surface area contributed by atoms with Gasteiger partial charge in [-0.15, -0.1) is 0 Å². The fourth-order valence-electron chi connectivity index (χ4n) is 4.51. The van der Waals surface area contributed by atoms with Crippen LogP contribution in [0.3, 0.4) is 0 Å². The first-order chi connectivity index (χ1) is 17.8. The second kappa shape index (κ2) is 10.1. The number of hydrogen-bond donors (Lipinski definition) is 2. The highest BCUT2D eigenvalue weighted by Crippen LogP contribution is 2.40. The van der Waals surface area contributed by atoms with E-state index in [1.165, 1.54) is 19.8 Å². The average Bonchev–Trinajstić information content (AvgIpc) is 3.50. The van der Waals surface area contributed by atoms with Gasteiger partial charge in [0, 0.05) is 30.6 Å². The Bertz CT molecular complexity index is 1430. The number of aliphatic hydroxyl groups is 1. The van der Waals surface area contributed by atoms with Gasteiger partial charge in [-0.2, -0.15) is 0 Å². The molecule has 4 heterocycles. The molecular formula is C23H23F4N7O2S. The number of nitrogens with two attached hydrogens (primary N) is 1. The van der Waals surface area contributed by atoms with E-state index in [4.69, 9.17) is 10.5 Å². The van der Waals surface area contributed by atoms with Crippen LogP contribution in [0, 0.1) is 17.6 Å². The zero-order valence-corrected chi connectivity index (χ0v) is 20.4. The Hall–Kier alpha value is -3.52. The van der Waals surface area contributed by atoms with E-state index in [0.717, 1.165) is 23.5 Å². The monoisotopic (exact) mass is 537 g/mol. The van der Waals surface area contributed by atoms with Crippen molar-refractivity contribution in [3.8, 4) is 16.3 Å². The third-order valence-electron chi connectivity index (χ3n) is 6.38. The molecule has 0 radical (unpaired) electrons. The maximum absolute atomic E-state index is 14.9. The quantitative estimate of drug-likeness (QED) is 0.343. The average molecular weight is 538 g/mol. The Morgan fingerprint density at radius 1 is 1.22 bits per heavy atom. The summed E-state index contributed by atoms with van der Waals surface area (Å²) in [7, 11) is 1.24. The number of imidazole rings is 1. The zero-order valence-electron chi connectivity index (χ0n) is 19.6. The maximum atomic E-state index is 14.9. The molecule has 14 heteroatoms. The largest absolute Gasteiger partial charge is 0.494 e. The lowest BCUT2D eigenvalue weighted by atomic mass is 9.93. The number of benzene rings is 1. The van der Waals surface area contributed by atoms with Gasteiger partial charge in [0.15, 0.2) is 23.0 Å². The van der Waals surface area contributed by atoms with Crippen LogP contribution in [-0.4, -0.2) is 62.3 Å². The second-order valence-corrected chi connectivity index (χ2v) is 9.69. The number of alkyl halides is 2. The Morgan fingerprint density at radius 2 is 2.03 bits per heavy atom. The molecule has 0 amide bonds. The van der Waals surface area contributed by atoms with Crippen molar-refractivity contribution in [2.24, 2.45) is 5.92 Å². The minimum absolute atomic E-state index is 0.0565. The third-order valence-corrected chi connectivity index (χ3v) is 7.58. The molecule has 9 nitrogen and oxygen atoms in total. The number of nitrogens with zero attached hydrogens (tertiary/aromatic N) is 6. The lowest BCUT2D eigenvalue weighted by molar-refractivity contribution is -0.0414. The molecule has 3 N–H and O–H groups in total. The first-order valence-electron chi connectivity index (χ1n) is 11.4. The van der Waals surface area contributed by atoms with Crippen LogP contribution in [0.1, 0.15) is 18.5 Å². The van der Waals surface area contributed by atoms with E-state index in [1.807, 2.05) is 4.90 Å². The molecule has 0 spiro atoms. The zero-order chi connectivity index (χ0) is 26.3. The standard InChI is InChI=1S/C23H23F4N7O2S/c1-36-16-6-13(24)12(5-14(16)25)22-32-15(8-34-10-31-17-20(28)29-9-30-21(17)34)23(37-22)33-4-2-3-11(7-33)18(35)19(26)27/h5-6,9-11,18-19,35H,2-4,7-8H2,1H3,(H2,28,29,30). The van der Waals surface area contributed by atoms with E-state index in [1.54, 1.807) is 4.57 Å². The van der Waals surface area contributed by atoms with Gasteiger partial charge in [0.25, 0.3) is 6.43 Å².